The summed E-state index contributed by atoms with van der Waals surface area (Å²) in [5.41, 5.74) is 9.77. The van der Waals surface area contributed by atoms with Gasteiger partial charge in [0.05, 0.1) is 5.69 Å². The maximum absolute atomic E-state index is 6.11. The fraction of sp³-hybridized carbons (Fsp3) is 0.556. The van der Waals surface area contributed by atoms with Crippen LogP contribution in [0.2, 0.25) is 0 Å². The number of hydrogen-bond acceptors (Lipinski definition) is 6. The van der Waals surface area contributed by atoms with Gasteiger partial charge in [0.1, 0.15) is 5.82 Å². The molecule has 0 spiro atoms. The van der Waals surface area contributed by atoms with Crippen LogP contribution in [0.5, 0.6) is 0 Å². The van der Waals surface area contributed by atoms with E-state index in [9.17, 15) is 0 Å². The van der Waals surface area contributed by atoms with E-state index in [0.29, 0.717) is 12.0 Å². The number of nitrogens with two attached hydrogens (primary N) is 1. The Hall–Kier alpha value is -1.08. The Morgan fingerprint density at radius 2 is 2.04 bits per heavy atom. The molecule has 8 heteroatoms. The fourth-order valence-corrected chi connectivity index (χ4v) is 5.52. The maximum atomic E-state index is 6.11. The minimum Gasteiger partial charge on any atom is -0.368 e. The summed E-state index contributed by atoms with van der Waals surface area (Å²) < 4.78 is 0. The van der Waals surface area contributed by atoms with Crippen LogP contribution in [-0.2, 0) is 12.8 Å². The lowest BCUT2D eigenvalue weighted by Gasteiger charge is -2.24. The largest absolute Gasteiger partial charge is 0.368 e. The highest BCUT2D eigenvalue weighted by Gasteiger charge is 2.36. The minimum absolute atomic E-state index is 0. The number of nitrogens with one attached hydrogen (secondary N) is 1. The van der Waals surface area contributed by atoms with E-state index in [4.69, 9.17) is 10.7 Å². The summed E-state index contributed by atoms with van der Waals surface area (Å²) in [5.74, 6) is 2.24. The number of nitrogen functional groups attached to an aromatic ring is 1. The lowest BCUT2D eigenvalue weighted by atomic mass is 9.94. The van der Waals surface area contributed by atoms with Crippen molar-refractivity contribution in [1.29, 1.82) is 0 Å². The third-order valence-electron chi connectivity index (χ3n) is 5.73. The van der Waals surface area contributed by atoms with Gasteiger partial charge < -0.3 is 16.0 Å². The summed E-state index contributed by atoms with van der Waals surface area (Å²) >= 11 is 1.84. The summed E-state index contributed by atoms with van der Waals surface area (Å²) in [6.07, 6.45) is 5.96. The highest BCUT2D eigenvalue weighted by molar-refractivity contribution is 7.10. The molecule has 26 heavy (non-hydrogen) atoms. The number of aryl methyl sites for hydroxylation is 1. The number of aromatic nitrogens is 2. The lowest BCUT2D eigenvalue weighted by molar-refractivity contribution is 0.340. The molecule has 5 rings (SSSR count). The van der Waals surface area contributed by atoms with Gasteiger partial charge in [-0.15, -0.1) is 36.2 Å². The highest BCUT2D eigenvalue weighted by Crippen LogP contribution is 2.39. The third kappa shape index (κ3) is 3.28. The van der Waals surface area contributed by atoms with Gasteiger partial charge in [-0.05, 0) is 56.0 Å². The van der Waals surface area contributed by atoms with Crippen LogP contribution in [0.25, 0.3) is 11.3 Å². The first-order chi connectivity index (χ1) is 11.8. The van der Waals surface area contributed by atoms with E-state index in [1.54, 1.807) is 0 Å². The van der Waals surface area contributed by atoms with Gasteiger partial charge in [-0.3, -0.25) is 0 Å². The minimum atomic E-state index is 0. The van der Waals surface area contributed by atoms with Crippen molar-refractivity contribution in [2.24, 2.45) is 5.92 Å². The second kappa shape index (κ2) is 7.89. The molecule has 2 fully saturated rings. The molecule has 2 aromatic heterocycles. The SMILES string of the molecule is Cl.Cl.Nc1nc2c(c(N3CC4CCCNC4C3)n1)CCCc1sccc1-2. The molecule has 2 atom stereocenters. The van der Waals surface area contributed by atoms with Gasteiger partial charge in [0.25, 0.3) is 0 Å². The van der Waals surface area contributed by atoms with Crippen LogP contribution in [0.1, 0.15) is 29.7 Å². The Bertz CT molecular complexity index is 767. The van der Waals surface area contributed by atoms with E-state index >= 15 is 0 Å². The number of fused-ring (bicyclic) bond motifs is 4. The standard InChI is InChI=1S/C18H23N5S.2ClH/c19-18-21-16-12-6-8-24-15(12)5-1-4-13(16)17(22-18)23-9-11-3-2-7-20-14(11)10-23;;/h6,8,11,14,20H,1-5,7,9-10H2,(H2,19,21,22);2*1H. The van der Waals surface area contributed by atoms with Crippen molar-refractivity contribution in [3.05, 3.63) is 21.9 Å². The second-order valence-corrected chi connectivity index (χ2v) is 8.21. The molecule has 1 aliphatic carbocycles. The van der Waals surface area contributed by atoms with E-state index in [-0.39, 0.29) is 24.8 Å². The van der Waals surface area contributed by atoms with Crippen molar-refractivity contribution in [3.63, 3.8) is 0 Å². The average molecular weight is 414 g/mol. The summed E-state index contributed by atoms with van der Waals surface area (Å²) in [4.78, 5) is 13.2. The van der Waals surface area contributed by atoms with Crippen molar-refractivity contribution < 1.29 is 0 Å². The molecular weight excluding hydrogens is 389 g/mol. The van der Waals surface area contributed by atoms with Crippen molar-refractivity contribution in [2.75, 3.05) is 30.3 Å². The summed E-state index contributed by atoms with van der Waals surface area (Å²) in [6.45, 7) is 3.29. The first-order valence-electron chi connectivity index (χ1n) is 9.01. The topological polar surface area (TPSA) is 67.1 Å². The number of rotatable bonds is 1. The molecule has 2 unspecified atom stereocenters. The Morgan fingerprint density at radius 1 is 1.15 bits per heavy atom. The molecule has 142 valence electrons. The van der Waals surface area contributed by atoms with Crippen LogP contribution in [0.4, 0.5) is 11.8 Å². The molecule has 3 aliphatic rings. The molecule has 5 nitrogen and oxygen atoms in total. The van der Waals surface area contributed by atoms with Gasteiger partial charge in [-0.2, -0.15) is 4.98 Å². The van der Waals surface area contributed by atoms with Gasteiger partial charge in [0.2, 0.25) is 5.95 Å². The van der Waals surface area contributed by atoms with Gasteiger partial charge in [0.15, 0.2) is 0 Å². The maximum Gasteiger partial charge on any atom is 0.222 e. The Morgan fingerprint density at radius 3 is 2.88 bits per heavy atom. The number of piperidine rings is 1. The third-order valence-corrected chi connectivity index (χ3v) is 6.71. The zero-order valence-corrected chi connectivity index (χ0v) is 17.1. The molecule has 4 heterocycles. The van der Waals surface area contributed by atoms with Crippen molar-refractivity contribution in [2.45, 2.75) is 38.1 Å². The monoisotopic (exact) mass is 413 g/mol. The first-order valence-corrected chi connectivity index (χ1v) is 9.89. The Kier molecular flexibility index (Phi) is 5.97. The predicted octanol–water partition coefficient (Wildman–Crippen LogP) is 3.31. The molecule has 0 bridgehead atoms. The number of thiophene rings is 1. The lowest BCUT2D eigenvalue weighted by Crippen LogP contribution is -2.40. The molecule has 0 aromatic carbocycles. The number of anilines is 2. The number of hydrogen-bond donors (Lipinski definition) is 2. The molecule has 3 N–H and O–H groups in total. The van der Waals surface area contributed by atoms with Crippen LogP contribution in [0.3, 0.4) is 0 Å². The van der Waals surface area contributed by atoms with Gasteiger partial charge in [-0.25, -0.2) is 4.98 Å². The van der Waals surface area contributed by atoms with Crippen molar-refractivity contribution in [1.82, 2.24) is 15.3 Å². The van der Waals surface area contributed by atoms with E-state index in [1.807, 2.05) is 11.3 Å². The molecule has 2 aliphatic heterocycles. The predicted molar refractivity (Wildman–Crippen MR) is 113 cm³/mol. The van der Waals surface area contributed by atoms with E-state index in [1.165, 1.54) is 35.3 Å². The van der Waals surface area contributed by atoms with Crippen LogP contribution in [-0.4, -0.2) is 35.6 Å². The molecular formula is C18H25Cl2N5S. The van der Waals surface area contributed by atoms with Crippen molar-refractivity contribution >= 4 is 47.9 Å². The van der Waals surface area contributed by atoms with E-state index < -0.39 is 0 Å². The van der Waals surface area contributed by atoms with E-state index in [2.05, 4.69) is 26.6 Å². The zero-order chi connectivity index (χ0) is 16.1. The fourth-order valence-electron chi connectivity index (χ4n) is 4.59. The first kappa shape index (κ1) is 19.7. The molecule has 0 radical (unpaired) electrons. The average Bonchev–Trinajstić information content (AvgIpc) is 3.18. The van der Waals surface area contributed by atoms with Gasteiger partial charge >= 0.3 is 0 Å². The van der Waals surface area contributed by atoms with Gasteiger partial charge in [-0.1, -0.05) is 0 Å². The van der Waals surface area contributed by atoms with Gasteiger partial charge in [0, 0.05) is 35.1 Å². The second-order valence-electron chi connectivity index (χ2n) is 7.21. The summed E-state index contributed by atoms with van der Waals surface area (Å²) in [6, 6.07) is 2.80. The summed E-state index contributed by atoms with van der Waals surface area (Å²) in [5, 5.41) is 5.86. The van der Waals surface area contributed by atoms with Crippen LogP contribution >= 0.6 is 36.2 Å². The smallest absolute Gasteiger partial charge is 0.222 e. The summed E-state index contributed by atoms with van der Waals surface area (Å²) in [7, 11) is 0. The van der Waals surface area contributed by atoms with Crippen LogP contribution in [0.15, 0.2) is 11.4 Å². The van der Waals surface area contributed by atoms with E-state index in [0.717, 1.165) is 49.9 Å². The van der Waals surface area contributed by atoms with Crippen LogP contribution in [0, 0.1) is 5.92 Å². The number of halogens is 2. The van der Waals surface area contributed by atoms with Crippen molar-refractivity contribution in [3.8, 4) is 11.3 Å². The highest BCUT2D eigenvalue weighted by atomic mass is 35.5. The molecule has 2 saturated heterocycles. The zero-order valence-electron chi connectivity index (χ0n) is 14.6. The Balaban J connectivity index is 0.000000980. The quantitative estimate of drug-likeness (QED) is 0.750. The molecule has 2 aromatic rings. The Labute approximate surface area is 170 Å². The molecule has 0 saturated carbocycles. The number of nitrogens with zero attached hydrogens (tertiary/aromatic N) is 3. The normalized spacial score (nSPS) is 23.8. The van der Waals surface area contributed by atoms with Crippen LogP contribution < -0.4 is 16.0 Å². The molecule has 0 amide bonds.